The first-order valence-corrected chi connectivity index (χ1v) is 9.66. The maximum Gasteiger partial charge on any atom is 0.309 e. The molecule has 7 heteroatoms. The molecule has 0 N–H and O–H groups in total. The molecule has 0 aromatic heterocycles. The predicted molar refractivity (Wildman–Crippen MR) is 84.4 cm³/mol. The van der Waals surface area contributed by atoms with Crippen LogP contribution in [0.15, 0.2) is 0 Å². The summed E-state index contributed by atoms with van der Waals surface area (Å²) in [7, 11) is -3.40. The van der Waals surface area contributed by atoms with Crippen LogP contribution in [0.2, 0.25) is 0 Å². The second-order valence-corrected chi connectivity index (χ2v) is 8.62. The van der Waals surface area contributed by atoms with Crippen molar-refractivity contribution in [2.45, 2.75) is 40.0 Å². The molecule has 128 valence electrons. The molecule has 0 amide bonds. The third kappa shape index (κ3) is 4.00. The van der Waals surface area contributed by atoms with E-state index in [-0.39, 0.29) is 11.9 Å². The van der Waals surface area contributed by atoms with E-state index in [1.54, 1.807) is 11.2 Å². The molecular weight excluding hydrogens is 304 g/mol. The number of hydrogen-bond acceptors (Lipinski definition) is 4. The summed E-state index contributed by atoms with van der Waals surface area (Å²) in [4.78, 5) is 11.7. The number of carbonyl (C=O) groups is 1. The van der Waals surface area contributed by atoms with Crippen molar-refractivity contribution in [2.24, 2.45) is 17.8 Å². The van der Waals surface area contributed by atoms with Gasteiger partial charge in [-0.1, -0.05) is 13.8 Å². The lowest BCUT2D eigenvalue weighted by molar-refractivity contribution is -0.149. The largest absolute Gasteiger partial charge is 0.466 e. The van der Waals surface area contributed by atoms with Crippen molar-refractivity contribution < 1.29 is 17.9 Å². The fourth-order valence-corrected chi connectivity index (χ4v) is 5.42. The minimum atomic E-state index is -3.40. The lowest BCUT2D eigenvalue weighted by Gasteiger charge is -2.39. The molecule has 0 aromatic carbocycles. The van der Waals surface area contributed by atoms with Gasteiger partial charge in [-0.3, -0.25) is 4.79 Å². The molecule has 2 heterocycles. The topological polar surface area (TPSA) is 66.9 Å². The number of rotatable bonds is 4. The first kappa shape index (κ1) is 17.7. The Morgan fingerprint density at radius 2 is 1.64 bits per heavy atom. The average Bonchev–Trinajstić information content (AvgIpc) is 2.46. The summed E-state index contributed by atoms with van der Waals surface area (Å²) in [5, 5.41) is 0. The zero-order valence-electron chi connectivity index (χ0n) is 13.8. The molecule has 2 rings (SSSR count). The second kappa shape index (κ2) is 7.27. The Labute approximate surface area is 134 Å². The van der Waals surface area contributed by atoms with Crippen LogP contribution in [0.1, 0.15) is 40.0 Å². The Hall–Kier alpha value is -0.660. The Morgan fingerprint density at radius 1 is 1.09 bits per heavy atom. The Balaban J connectivity index is 1.96. The van der Waals surface area contributed by atoms with Crippen molar-refractivity contribution >= 4 is 16.2 Å². The maximum absolute atomic E-state index is 12.8. The molecule has 6 nitrogen and oxygen atoms in total. The number of piperidine rings is 2. The normalized spacial score (nSPS) is 29.4. The lowest BCUT2D eigenvalue weighted by atomic mass is 9.94. The van der Waals surface area contributed by atoms with Gasteiger partial charge in [-0.05, 0) is 38.0 Å². The molecule has 2 aliphatic rings. The lowest BCUT2D eigenvalue weighted by Crippen LogP contribution is -2.51. The van der Waals surface area contributed by atoms with Crippen molar-refractivity contribution in [2.75, 3.05) is 32.8 Å². The summed E-state index contributed by atoms with van der Waals surface area (Å²) in [5.41, 5.74) is 0. The zero-order chi connectivity index (χ0) is 16.3. The minimum Gasteiger partial charge on any atom is -0.466 e. The van der Waals surface area contributed by atoms with Crippen LogP contribution in [0, 0.1) is 17.8 Å². The molecule has 2 saturated heterocycles. The van der Waals surface area contributed by atoms with Crippen LogP contribution in [0.25, 0.3) is 0 Å². The van der Waals surface area contributed by atoms with E-state index in [0.29, 0.717) is 57.5 Å². The number of nitrogens with zero attached hydrogens (tertiary/aromatic N) is 2. The molecule has 0 aromatic rings. The number of hydrogen-bond donors (Lipinski definition) is 0. The summed E-state index contributed by atoms with van der Waals surface area (Å²) >= 11 is 0. The van der Waals surface area contributed by atoms with Crippen molar-refractivity contribution in [3.8, 4) is 0 Å². The standard InChI is InChI=1S/C15H28N2O4S/c1-4-21-15(18)14-5-7-16(8-6-14)22(19,20)17-10-12(2)9-13(3)11-17/h12-14H,4-11H2,1-3H3. The monoisotopic (exact) mass is 332 g/mol. The Morgan fingerprint density at radius 3 is 2.14 bits per heavy atom. The van der Waals surface area contributed by atoms with Gasteiger partial charge in [0.15, 0.2) is 0 Å². The van der Waals surface area contributed by atoms with Crippen molar-refractivity contribution in [3.05, 3.63) is 0 Å². The third-order valence-electron chi connectivity index (χ3n) is 4.56. The van der Waals surface area contributed by atoms with E-state index in [0.717, 1.165) is 6.42 Å². The van der Waals surface area contributed by atoms with Gasteiger partial charge in [0.2, 0.25) is 0 Å². The molecule has 22 heavy (non-hydrogen) atoms. The van der Waals surface area contributed by atoms with Crippen LogP contribution in [0.5, 0.6) is 0 Å². The molecule has 0 aliphatic carbocycles. The average molecular weight is 332 g/mol. The van der Waals surface area contributed by atoms with E-state index in [2.05, 4.69) is 13.8 Å². The molecule has 0 bridgehead atoms. The fraction of sp³-hybridized carbons (Fsp3) is 0.933. The van der Waals surface area contributed by atoms with E-state index in [1.165, 1.54) is 4.31 Å². The van der Waals surface area contributed by atoms with Gasteiger partial charge in [0.1, 0.15) is 0 Å². The Bertz CT molecular complexity index is 476. The van der Waals surface area contributed by atoms with E-state index in [9.17, 15) is 13.2 Å². The Kier molecular flexibility index (Phi) is 5.85. The highest BCUT2D eigenvalue weighted by atomic mass is 32.2. The highest BCUT2D eigenvalue weighted by molar-refractivity contribution is 7.86. The fourth-order valence-electron chi connectivity index (χ4n) is 3.54. The first-order valence-electron chi connectivity index (χ1n) is 8.26. The summed E-state index contributed by atoms with van der Waals surface area (Å²) in [6, 6.07) is 0. The van der Waals surface area contributed by atoms with Crippen LogP contribution in [0.3, 0.4) is 0 Å². The predicted octanol–water partition coefficient (Wildman–Crippen LogP) is 1.48. The molecule has 2 fully saturated rings. The van der Waals surface area contributed by atoms with Crippen molar-refractivity contribution in [1.82, 2.24) is 8.61 Å². The minimum absolute atomic E-state index is 0.161. The van der Waals surface area contributed by atoms with Gasteiger partial charge in [-0.25, -0.2) is 0 Å². The van der Waals surface area contributed by atoms with Crippen LogP contribution < -0.4 is 0 Å². The van der Waals surface area contributed by atoms with Crippen LogP contribution in [-0.4, -0.2) is 55.8 Å². The summed E-state index contributed by atoms with van der Waals surface area (Å²) in [5.74, 6) is 0.441. The molecule has 0 radical (unpaired) electrons. The van der Waals surface area contributed by atoms with Crippen LogP contribution in [0.4, 0.5) is 0 Å². The highest BCUT2D eigenvalue weighted by Gasteiger charge is 2.37. The number of ether oxygens (including phenoxy) is 1. The zero-order valence-corrected chi connectivity index (χ0v) is 14.6. The first-order chi connectivity index (χ1) is 10.3. The quantitative estimate of drug-likeness (QED) is 0.732. The molecule has 2 atom stereocenters. The van der Waals surface area contributed by atoms with Crippen molar-refractivity contribution in [3.63, 3.8) is 0 Å². The van der Waals surface area contributed by atoms with Gasteiger partial charge < -0.3 is 4.74 Å². The van der Waals surface area contributed by atoms with Crippen LogP contribution >= 0.6 is 0 Å². The van der Waals surface area contributed by atoms with E-state index < -0.39 is 10.2 Å². The molecule has 2 unspecified atom stereocenters. The molecule has 0 spiro atoms. The van der Waals surface area contributed by atoms with Gasteiger partial charge in [0.25, 0.3) is 10.2 Å². The molecular formula is C15H28N2O4S. The summed E-state index contributed by atoms with van der Waals surface area (Å²) in [6.45, 7) is 8.39. The summed E-state index contributed by atoms with van der Waals surface area (Å²) < 4.78 is 33.7. The van der Waals surface area contributed by atoms with Gasteiger partial charge in [-0.2, -0.15) is 17.0 Å². The maximum atomic E-state index is 12.8. The van der Waals surface area contributed by atoms with Gasteiger partial charge in [0.05, 0.1) is 12.5 Å². The molecule has 2 aliphatic heterocycles. The van der Waals surface area contributed by atoms with Gasteiger partial charge in [-0.15, -0.1) is 0 Å². The van der Waals surface area contributed by atoms with E-state index in [1.807, 2.05) is 0 Å². The summed E-state index contributed by atoms with van der Waals surface area (Å²) in [6.07, 6.45) is 2.19. The van der Waals surface area contributed by atoms with Gasteiger partial charge in [0, 0.05) is 26.2 Å². The van der Waals surface area contributed by atoms with E-state index >= 15 is 0 Å². The second-order valence-electron chi connectivity index (χ2n) is 6.70. The number of esters is 1. The third-order valence-corrected chi connectivity index (χ3v) is 6.53. The highest BCUT2D eigenvalue weighted by Crippen LogP contribution is 2.27. The van der Waals surface area contributed by atoms with Crippen LogP contribution in [-0.2, 0) is 19.7 Å². The van der Waals surface area contributed by atoms with E-state index in [4.69, 9.17) is 4.74 Å². The SMILES string of the molecule is CCOC(=O)C1CCN(S(=O)(=O)N2CC(C)CC(C)C2)CC1. The molecule has 0 saturated carbocycles. The smallest absolute Gasteiger partial charge is 0.309 e. The van der Waals surface area contributed by atoms with Crippen molar-refractivity contribution in [1.29, 1.82) is 0 Å². The number of carbonyl (C=O) groups excluding carboxylic acids is 1. The van der Waals surface area contributed by atoms with Gasteiger partial charge >= 0.3 is 5.97 Å².